The zero-order chi connectivity index (χ0) is 28.5. The molecule has 0 aromatic heterocycles. The number of esters is 2. The molecule has 0 bridgehead atoms. The number of nitrogens with one attached hydrogen (secondary N) is 1. The van der Waals surface area contributed by atoms with Gasteiger partial charge >= 0.3 is 11.9 Å². The molecule has 1 amide bonds. The average molecular weight is 638 g/mol. The monoisotopic (exact) mass is 636 g/mol. The van der Waals surface area contributed by atoms with Gasteiger partial charge in [-0.1, -0.05) is 69.5 Å². The maximum atomic E-state index is 12.6. The van der Waals surface area contributed by atoms with Crippen molar-refractivity contribution in [3.63, 3.8) is 0 Å². The van der Waals surface area contributed by atoms with Crippen molar-refractivity contribution in [1.29, 1.82) is 0 Å². The third-order valence-corrected chi connectivity index (χ3v) is 6.35. The summed E-state index contributed by atoms with van der Waals surface area (Å²) in [4.78, 5) is 37.5. The van der Waals surface area contributed by atoms with Crippen LogP contribution in [0.4, 0.5) is 0 Å². The molecule has 0 aliphatic rings. The average Bonchev–Trinajstić information content (AvgIpc) is 2.93. The lowest BCUT2D eigenvalue weighted by Gasteiger charge is -2.09. The van der Waals surface area contributed by atoms with E-state index in [1.165, 1.54) is 36.6 Å². The Bertz CT molecular complexity index is 1620. The fourth-order valence-electron chi connectivity index (χ4n) is 3.33. The predicted octanol–water partition coefficient (Wildman–Crippen LogP) is 7.36. The van der Waals surface area contributed by atoms with Crippen molar-refractivity contribution in [3.05, 3.63) is 134 Å². The Morgan fingerprint density at radius 1 is 0.800 bits per heavy atom. The lowest BCUT2D eigenvalue weighted by Crippen LogP contribution is -2.17. The van der Waals surface area contributed by atoms with Crippen molar-refractivity contribution < 1.29 is 23.9 Å². The van der Waals surface area contributed by atoms with Gasteiger partial charge in [0.25, 0.3) is 5.91 Å². The first-order chi connectivity index (χ1) is 19.3. The third kappa shape index (κ3) is 7.89. The van der Waals surface area contributed by atoms with Crippen molar-refractivity contribution in [2.75, 3.05) is 0 Å². The summed E-state index contributed by atoms with van der Waals surface area (Å²) in [7, 11) is 0. The van der Waals surface area contributed by atoms with Crippen LogP contribution >= 0.6 is 39.1 Å². The maximum absolute atomic E-state index is 12.6. The number of rotatable bonds is 8. The van der Waals surface area contributed by atoms with Crippen molar-refractivity contribution >= 4 is 69.3 Å². The van der Waals surface area contributed by atoms with E-state index in [4.69, 9.17) is 32.7 Å². The SMILES string of the molecule is O=C(/C=C/c1ccccc1OC(=O)c1ccc(Cl)cc1Cl)Oc1ccccc1/C=N/NC(=O)c1ccc(Br)cc1. The zero-order valence-corrected chi connectivity index (χ0v) is 23.6. The highest BCUT2D eigenvalue weighted by Gasteiger charge is 2.15. The number of hydrazone groups is 1. The van der Waals surface area contributed by atoms with E-state index in [-0.39, 0.29) is 28.0 Å². The van der Waals surface area contributed by atoms with Crippen LogP contribution < -0.4 is 14.9 Å². The predicted molar refractivity (Wildman–Crippen MR) is 158 cm³/mol. The number of amides is 1. The van der Waals surface area contributed by atoms with Gasteiger partial charge in [0.05, 0.1) is 16.8 Å². The molecule has 0 saturated carbocycles. The number of nitrogens with zero attached hydrogens (tertiary/aromatic N) is 1. The van der Waals surface area contributed by atoms with Crippen molar-refractivity contribution in [2.45, 2.75) is 0 Å². The van der Waals surface area contributed by atoms with E-state index < -0.39 is 11.9 Å². The largest absolute Gasteiger partial charge is 0.423 e. The van der Waals surface area contributed by atoms with Gasteiger partial charge in [0.2, 0.25) is 0 Å². The van der Waals surface area contributed by atoms with Crippen LogP contribution in [0.3, 0.4) is 0 Å². The molecule has 0 aliphatic carbocycles. The molecular formula is C30H19BrCl2N2O5. The Kier molecular flexibility index (Phi) is 9.86. The number of carbonyl (C=O) groups is 3. The first kappa shape index (κ1) is 28.8. The van der Waals surface area contributed by atoms with Crippen LogP contribution in [-0.4, -0.2) is 24.1 Å². The maximum Gasteiger partial charge on any atom is 0.345 e. The summed E-state index contributed by atoms with van der Waals surface area (Å²) in [5, 5.41) is 4.51. The number of benzene rings is 4. The molecule has 7 nitrogen and oxygen atoms in total. The van der Waals surface area contributed by atoms with Gasteiger partial charge in [0, 0.05) is 32.3 Å². The molecule has 4 rings (SSSR count). The highest BCUT2D eigenvalue weighted by Crippen LogP contribution is 2.25. The molecule has 0 fully saturated rings. The summed E-state index contributed by atoms with van der Waals surface area (Å²) in [5.41, 5.74) is 3.95. The Balaban J connectivity index is 1.41. The van der Waals surface area contributed by atoms with Crippen LogP contribution in [0.5, 0.6) is 11.5 Å². The van der Waals surface area contributed by atoms with Crippen molar-refractivity contribution in [1.82, 2.24) is 5.43 Å². The van der Waals surface area contributed by atoms with E-state index in [1.807, 2.05) is 0 Å². The van der Waals surface area contributed by atoms with Gasteiger partial charge < -0.3 is 9.47 Å². The number of hydrogen-bond donors (Lipinski definition) is 1. The molecule has 0 heterocycles. The Labute approximate surface area is 248 Å². The molecule has 0 radical (unpaired) electrons. The normalized spacial score (nSPS) is 11.0. The summed E-state index contributed by atoms with van der Waals surface area (Å²) in [6.45, 7) is 0. The van der Waals surface area contributed by atoms with Crippen LogP contribution in [0, 0.1) is 0 Å². The lowest BCUT2D eigenvalue weighted by atomic mass is 10.2. The number of ether oxygens (including phenoxy) is 2. The fraction of sp³-hybridized carbons (Fsp3) is 0. The van der Waals surface area contributed by atoms with Crippen LogP contribution in [0.1, 0.15) is 31.8 Å². The van der Waals surface area contributed by atoms with Gasteiger partial charge in [0.1, 0.15) is 11.5 Å². The summed E-state index contributed by atoms with van der Waals surface area (Å²) in [6, 6.07) is 24.6. The molecule has 200 valence electrons. The summed E-state index contributed by atoms with van der Waals surface area (Å²) >= 11 is 15.3. The minimum absolute atomic E-state index is 0.149. The second kappa shape index (κ2) is 13.7. The Hall–Kier alpha value is -4.24. The summed E-state index contributed by atoms with van der Waals surface area (Å²) in [6.07, 6.45) is 4.04. The van der Waals surface area contributed by atoms with E-state index >= 15 is 0 Å². The van der Waals surface area contributed by atoms with Crippen LogP contribution in [0.15, 0.2) is 107 Å². The first-order valence-corrected chi connectivity index (χ1v) is 13.2. The molecular weight excluding hydrogens is 619 g/mol. The first-order valence-electron chi connectivity index (χ1n) is 11.6. The summed E-state index contributed by atoms with van der Waals surface area (Å²) in [5.74, 6) is -1.29. The molecule has 4 aromatic rings. The second-order valence-electron chi connectivity index (χ2n) is 8.05. The van der Waals surface area contributed by atoms with Crippen LogP contribution in [0.2, 0.25) is 10.0 Å². The van der Waals surface area contributed by atoms with Gasteiger partial charge in [-0.05, 0) is 66.7 Å². The number of carbonyl (C=O) groups excluding carboxylic acids is 3. The van der Waals surface area contributed by atoms with Gasteiger partial charge in [0.15, 0.2) is 0 Å². The highest BCUT2D eigenvalue weighted by molar-refractivity contribution is 9.10. The zero-order valence-electron chi connectivity index (χ0n) is 20.5. The number of hydrogen-bond acceptors (Lipinski definition) is 6. The van der Waals surface area contributed by atoms with Crippen molar-refractivity contribution in [2.24, 2.45) is 5.10 Å². The minimum Gasteiger partial charge on any atom is -0.423 e. The molecule has 40 heavy (non-hydrogen) atoms. The molecule has 10 heteroatoms. The number of para-hydroxylation sites is 2. The van der Waals surface area contributed by atoms with Crippen LogP contribution in [-0.2, 0) is 4.79 Å². The van der Waals surface area contributed by atoms with E-state index in [1.54, 1.807) is 72.8 Å². The molecule has 0 saturated heterocycles. The van der Waals surface area contributed by atoms with E-state index in [0.29, 0.717) is 21.7 Å². The smallest absolute Gasteiger partial charge is 0.345 e. The molecule has 0 spiro atoms. The quantitative estimate of drug-likeness (QED) is 0.0716. The molecule has 1 N–H and O–H groups in total. The fourth-order valence-corrected chi connectivity index (χ4v) is 4.08. The number of halogens is 3. The lowest BCUT2D eigenvalue weighted by molar-refractivity contribution is -0.128. The molecule has 0 atom stereocenters. The topological polar surface area (TPSA) is 94.1 Å². The van der Waals surface area contributed by atoms with Gasteiger partial charge in [-0.3, -0.25) is 4.79 Å². The van der Waals surface area contributed by atoms with Gasteiger partial charge in [-0.2, -0.15) is 5.10 Å². The van der Waals surface area contributed by atoms with E-state index in [0.717, 1.165) is 4.47 Å². The molecule has 4 aromatic carbocycles. The van der Waals surface area contributed by atoms with Crippen LogP contribution in [0.25, 0.3) is 6.08 Å². The molecule has 0 aliphatic heterocycles. The Morgan fingerprint density at radius 3 is 2.15 bits per heavy atom. The van der Waals surface area contributed by atoms with E-state index in [2.05, 4.69) is 26.5 Å². The van der Waals surface area contributed by atoms with E-state index in [9.17, 15) is 14.4 Å². The third-order valence-electron chi connectivity index (χ3n) is 5.28. The summed E-state index contributed by atoms with van der Waals surface area (Å²) < 4.78 is 11.8. The minimum atomic E-state index is -0.679. The Morgan fingerprint density at radius 2 is 1.45 bits per heavy atom. The van der Waals surface area contributed by atoms with Gasteiger partial charge in [-0.15, -0.1) is 0 Å². The molecule has 0 unspecified atom stereocenters. The van der Waals surface area contributed by atoms with Gasteiger partial charge in [-0.25, -0.2) is 15.0 Å². The standard InChI is InChI=1S/C30H19BrCl2N2O5/c31-22-12-9-20(10-13-22)29(37)35-34-18-21-6-2-4-8-27(21)39-28(36)16-11-19-5-1-3-7-26(19)40-30(38)24-15-14-23(32)17-25(24)33/h1-18H,(H,35,37)/b16-11+,34-18+. The highest BCUT2D eigenvalue weighted by atomic mass is 79.9. The second-order valence-corrected chi connectivity index (χ2v) is 9.81. The van der Waals surface area contributed by atoms with Crippen molar-refractivity contribution in [3.8, 4) is 11.5 Å².